The van der Waals surface area contributed by atoms with Crippen LogP contribution in [0.15, 0.2) is 12.1 Å². The summed E-state index contributed by atoms with van der Waals surface area (Å²) < 4.78 is 5.34. The monoisotopic (exact) mass is 261 g/mol. The summed E-state index contributed by atoms with van der Waals surface area (Å²) >= 11 is 0. The summed E-state index contributed by atoms with van der Waals surface area (Å²) in [5, 5.41) is 0. The molecule has 1 fully saturated rings. The number of hydrogen-bond acceptors (Lipinski definition) is 3. The molecular formula is C16H23NO2. The molecule has 3 heteroatoms. The van der Waals surface area contributed by atoms with E-state index >= 15 is 0 Å². The van der Waals surface area contributed by atoms with E-state index in [0.717, 1.165) is 36.2 Å². The van der Waals surface area contributed by atoms with Crippen molar-refractivity contribution in [1.82, 2.24) is 4.90 Å². The van der Waals surface area contributed by atoms with Gasteiger partial charge in [0.15, 0.2) is 5.78 Å². The summed E-state index contributed by atoms with van der Waals surface area (Å²) in [6, 6.07) is 4.17. The molecule has 2 rings (SSSR count). The van der Waals surface area contributed by atoms with Gasteiger partial charge in [-0.2, -0.15) is 0 Å². The number of rotatable bonds is 4. The van der Waals surface area contributed by atoms with E-state index < -0.39 is 0 Å². The predicted octanol–water partition coefficient (Wildman–Crippen LogP) is 2.52. The van der Waals surface area contributed by atoms with Crippen molar-refractivity contribution in [3.8, 4) is 0 Å². The minimum absolute atomic E-state index is 0.228. The molecule has 1 heterocycles. The van der Waals surface area contributed by atoms with Crippen LogP contribution in [-0.4, -0.2) is 43.5 Å². The molecule has 1 atom stereocenters. The predicted molar refractivity (Wildman–Crippen MR) is 76.8 cm³/mol. The average Bonchev–Trinajstić information content (AvgIpc) is 2.75. The van der Waals surface area contributed by atoms with Gasteiger partial charge in [0, 0.05) is 25.8 Å². The van der Waals surface area contributed by atoms with Crippen LogP contribution < -0.4 is 0 Å². The third kappa shape index (κ3) is 3.23. The van der Waals surface area contributed by atoms with E-state index in [2.05, 4.69) is 24.0 Å². The molecule has 0 N–H and O–H groups in total. The molecule has 1 aliphatic rings. The van der Waals surface area contributed by atoms with Crippen LogP contribution in [0.2, 0.25) is 0 Å². The van der Waals surface area contributed by atoms with Crippen LogP contribution in [0.1, 0.15) is 33.5 Å². The second-order valence-electron chi connectivity index (χ2n) is 5.58. The summed E-state index contributed by atoms with van der Waals surface area (Å²) in [5.74, 6) is 0.228. The zero-order chi connectivity index (χ0) is 14.0. The first-order valence-corrected chi connectivity index (χ1v) is 6.87. The average molecular weight is 261 g/mol. The molecule has 1 saturated heterocycles. The quantitative estimate of drug-likeness (QED) is 0.780. The Morgan fingerprint density at radius 3 is 2.47 bits per heavy atom. The molecule has 0 saturated carbocycles. The number of hydrogen-bond donors (Lipinski definition) is 0. The largest absolute Gasteiger partial charge is 0.380 e. The third-order valence-electron chi connectivity index (χ3n) is 3.89. The van der Waals surface area contributed by atoms with Gasteiger partial charge in [-0.25, -0.2) is 0 Å². The number of aryl methyl sites for hydroxylation is 3. The highest BCUT2D eigenvalue weighted by molar-refractivity contribution is 6.00. The van der Waals surface area contributed by atoms with E-state index in [1.807, 2.05) is 13.8 Å². The molecule has 0 bridgehead atoms. The molecule has 3 nitrogen and oxygen atoms in total. The summed E-state index contributed by atoms with van der Waals surface area (Å²) in [6.45, 7) is 8.44. The fourth-order valence-corrected chi connectivity index (χ4v) is 3.04. The fourth-order valence-electron chi connectivity index (χ4n) is 3.04. The first-order chi connectivity index (χ1) is 9.01. The number of likely N-dealkylation sites (tertiary alicyclic amines) is 1. The Kier molecular flexibility index (Phi) is 4.38. The molecule has 104 valence electrons. The van der Waals surface area contributed by atoms with Gasteiger partial charge in [-0.1, -0.05) is 17.7 Å². The number of carbonyl (C=O) groups excluding carboxylic acids is 1. The second-order valence-corrected chi connectivity index (χ2v) is 5.58. The summed E-state index contributed by atoms with van der Waals surface area (Å²) in [6.07, 6.45) is 1.31. The lowest BCUT2D eigenvalue weighted by molar-refractivity contribution is 0.0898. The van der Waals surface area contributed by atoms with Crippen LogP contribution in [0.5, 0.6) is 0 Å². The van der Waals surface area contributed by atoms with E-state index in [1.54, 1.807) is 7.11 Å². The molecule has 0 amide bonds. The third-order valence-corrected chi connectivity index (χ3v) is 3.89. The van der Waals surface area contributed by atoms with Crippen LogP contribution in [-0.2, 0) is 4.74 Å². The van der Waals surface area contributed by atoms with Crippen LogP contribution in [0, 0.1) is 20.8 Å². The second kappa shape index (κ2) is 5.85. The van der Waals surface area contributed by atoms with Crippen molar-refractivity contribution < 1.29 is 9.53 Å². The van der Waals surface area contributed by atoms with Gasteiger partial charge in [-0.15, -0.1) is 0 Å². The van der Waals surface area contributed by atoms with Crippen LogP contribution >= 0.6 is 0 Å². The first kappa shape index (κ1) is 14.2. The summed E-state index contributed by atoms with van der Waals surface area (Å²) in [4.78, 5) is 14.7. The van der Waals surface area contributed by atoms with Crippen molar-refractivity contribution in [2.45, 2.75) is 33.3 Å². The van der Waals surface area contributed by atoms with Gasteiger partial charge in [0.05, 0.1) is 12.6 Å². The van der Waals surface area contributed by atoms with Gasteiger partial charge in [0.2, 0.25) is 0 Å². The van der Waals surface area contributed by atoms with Crippen molar-refractivity contribution in [1.29, 1.82) is 0 Å². The Labute approximate surface area is 115 Å². The van der Waals surface area contributed by atoms with E-state index in [-0.39, 0.29) is 11.9 Å². The molecule has 0 aliphatic carbocycles. The van der Waals surface area contributed by atoms with Gasteiger partial charge in [-0.3, -0.25) is 9.69 Å². The number of nitrogens with zero attached hydrogens (tertiary/aromatic N) is 1. The first-order valence-electron chi connectivity index (χ1n) is 6.87. The lowest BCUT2D eigenvalue weighted by atomic mass is 9.96. The molecule has 1 aliphatic heterocycles. The fraction of sp³-hybridized carbons (Fsp3) is 0.562. The minimum atomic E-state index is 0.228. The van der Waals surface area contributed by atoms with Gasteiger partial charge in [0.1, 0.15) is 0 Å². The Balaban J connectivity index is 2.09. The maximum atomic E-state index is 12.5. The minimum Gasteiger partial charge on any atom is -0.380 e. The number of benzene rings is 1. The van der Waals surface area contributed by atoms with Gasteiger partial charge >= 0.3 is 0 Å². The van der Waals surface area contributed by atoms with Gasteiger partial charge in [0.25, 0.3) is 0 Å². The highest BCUT2D eigenvalue weighted by atomic mass is 16.5. The topological polar surface area (TPSA) is 29.5 Å². The summed E-state index contributed by atoms with van der Waals surface area (Å²) in [5.41, 5.74) is 4.29. The molecule has 0 aromatic heterocycles. The van der Waals surface area contributed by atoms with Crippen molar-refractivity contribution in [2.75, 3.05) is 26.7 Å². The Hall–Kier alpha value is -1.19. The molecule has 1 unspecified atom stereocenters. The Morgan fingerprint density at radius 2 is 1.95 bits per heavy atom. The molecule has 1 aromatic rings. The smallest absolute Gasteiger partial charge is 0.177 e. The number of carbonyl (C=O) groups is 1. The number of ether oxygens (including phenoxy) is 1. The van der Waals surface area contributed by atoms with Crippen molar-refractivity contribution >= 4 is 5.78 Å². The lowest BCUT2D eigenvalue weighted by Crippen LogP contribution is -2.29. The van der Waals surface area contributed by atoms with Gasteiger partial charge in [-0.05, 0) is 38.3 Å². The molecule has 0 spiro atoms. The number of Topliss-reactive ketones (excluding diaryl/α,β-unsaturated/α-hetero) is 1. The SMILES string of the molecule is COC1CCN(CC(=O)c2c(C)cc(C)cc2C)C1. The van der Waals surface area contributed by atoms with E-state index in [0.29, 0.717) is 6.54 Å². The number of methoxy groups -OCH3 is 1. The zero-order valence-corrected chi connectivity index (χ0v) is 12.3. The Morgan fingerprint density at radius 1 is 1.32 bits per heavy atom. The number of ketones is 1. The van der Waals surface area contributed by atoms with E-state index in [1.165, 1.54) is 5.56 Å². The normalized spacial score (nSPS) is 19.9. The maximum absolute atomic E-state index is 12.5. The van der Waals surface area contributed by atoms with Crippen molar-refractivity contribution in [3.63, 3.8) is 0 Å². The zero-order valence-electron chi connectivity index (χ0n) is 12.3. The molecule has 19 heavy (non-hydrogen) atoms. The molecule has 1 aromatic carbocycles. The van der Waals surface area contributed by atoms with Crippen molar-refractivity contribution in [3.05, 3.63) is 34.4 Å². The lowest BCUT2D eigenvalue weighted by Gasteiger charge is -2.17. The Bertz CT molecular complexity index is 459. The summed E-state index contributed by atoms with van der Waals surface area (Å²) in [7, 11) is 1.74. The molecule has 0 radical (unpaired) electrons. The van der Waals surface area contributed by atoms with E-state index in [4.69, 9.17) is 4.74 Å². The van der Waals surface area contributed by atoms with Crippen LogP contribution in [0.25, 0.3) is 0 Å². The van der Waals surface area contributed by atoms with Crippen LogP contribution in [0.3, 0.4) is 0 Å². The maximum Gasteiger partial charge on any atom is 0.177 e. The van der Waals surface area contributed by atoms with Crippen molar-refractivity contribution in [2.24, 2.45) is 0 Å². The highest BCUT2D eigenvalue weighted by Gasteiger charge is 2.25. The van der Waals surface area contributed by atoms with Crippen LogP contribution in [0.4, 0.5) is 0 Å². The highest BCUT2D eigenvalue weighted by Crippen LogP contribution is 2.19. The standard InChI is InChI=1S/C16H23NO2/c1-11-7-12(2)16(13(3)8-11)15(18)10-17-6-5-14(9-17)19-4/h7-8,14H,5-6,9-10H2,1-4H3. The van der Waals surface area contributed by atoms with E-state index in [9.17, 15) is 4.79 Å². The molecular weight excluding hydrogens is 238 g/mol. The van der Waals surface area contributed by atoms with Gasteiger partial charge < -0.3 is 4.74 Å².